The predicted molar refractivity (Wildman–Crippen MR) is 92.2 cm³/mol. The van der Waals surface area contributed by atoms with Crippen LogP contribution >= 0.6 is 0 Å². The molecule has 1 aromatic heterocycles. The second kappa shape index (κ2) is 7.57. The van der Waals surface area contributed by atoms with Gasteiger partial charge in [-0.1, -0.05) is 6.92 Å². The van der Waals surface area contributed by atoms with E-state index in [1.807, 2.05) is 6.20 Å². The molecule has 1 fully saturated rings. The van der Waals surface area contributed by atoms with Crippen molar-refractivity contribution in [3.05, 3.63) is 18.2 Å². The van der Waals surface area contributed by atoms with Gasteiger partial charge in [-0.15, -0.1) is 0 Å². The highest BCUT2D eigenvalue weighted by Gasteiger charge is 2.35. The molecule has 1 aromatic rings. The molecule has 0 aliphatic carbocycles. The van der Waals surface area contributed by atoms with Gasteiger partial charge in [-0.2, -0.15) is 0 Å². The summed E-state index contributed by atoms with van der Waals surface area (Å²) in [6, 6.07) is 0.455. The Morgan fingerprint density at radius 3 is 2.64 bits per heavy atom. The maximum atomic E-state index is 4.41. The number of likely N-dealkylation sites (tertiary alicyclic amines) is 1. The van der Waals surface area contributed by atoms with Crippen LogP contribution in [-0.4, -0.2) is 71.7 Å². The summed E-state index contributed by atoms with van der Waals surface area (Å²) in [4.78, 5) is 9.27. The third kappa shape index (κ3) is 4.09. The van der Waals surface area contributed by atoms with Crippen LogP contribution in [0.25, 0.3) is 0 Å². The lowest BCUT2D eigenvalue weighted by Gasteiger charge is -2.46. The molecule has 5 heteroatoms. The number of aromatic nitrogens is 2. The fraction of sp³-hybridized carbons (Fsp3) is 0.824. The lowest BCUT2D eigenvalue weighted by Crippen LogP contribution is -2.58. The van der Waals surface area contributed by atoms with E-state index in [9.17, 15) is 0 Å². The molecule has 126 valence electrons. The van der Waals surface area contributed by atoms with Gasteiger partial charge in [-0.3, -0.25) is 0 Å². The first-order valence-corrected chi connectivity index (χ1v) is 8.56. The standard InChI is InChI=1S/C17H33N5/c1-6-16-18-9-12-22(16)13-15(2)19-14-17(20(3)4)7-10-21(5)11-8-17/h9,12,15,19H,6-8,10-11,13-14H2,1-5H3/t15-/m0/s1. The van der Waals surface area contributed by atoms with Crippen molar-refractivity contribution in [2.45, 2.75) is 51.2 Å². The van der Waals surface area contributed by atoms with Crippen molar-refractivity contribution < 1.29 is 0 Å². The van der Waals surface area contributed by atoms with Crippen LogP contribution in [0.3, 0.4) is 0 Å². The van der Waals surface area contributed by atoms with Gasteiger partial charge in [0, 0.05) is 43.5 Å². The average Bonchev–Trinajstić information content (AvgIpc) is 2.94. The molecule has 0 aromatic carbocycles. The molecular weight excluding hydrogens is 274 g/mol. The number of rotatable bonds is 7. The number of nitrogens with one attached hydrogen (secondary N) is 1. The lowest BCUT2D eigenvalue weighted by atomic mass is 9.86. The number of likely N-dealkylation sites (N-methyl/N-ethyl adjacent to an activating group) is 1. The van der Waals surface area contributed by atoms with E-state index in [2.05, 4.69) is 65.9 Å². The first kappa shape index (κ1) is 17.4. The van der Waals surface area contributed by atoms with Crippen molar-refractivity contribution in [1.82, 2.24) is 24.7 Å². The molecule has 22 heavy (non-hydrogen) atoms. The molecule has 0 saturated carbocycles. The van der Waals surface area contributed by atoms with E-state index in [4.69, 9.17) is 0 Å². The highest BCUT2D eigenvalue weighted by Crippen LogP contribution is 2.26. The van der Waals surface area contributed by atoms with Crippen molar-refractivity contribution in [2.75, 3.05) is 40.8 Å². The number of imidazole rings is 1. The van der Waals surface area contributed by atoms with Crippen LogP contribution in [0, 0.1) is 0 Å². The molecule has 0 unspecified atom stereocenters. The van der Waals surface area contributed by atoms with Gasteiger partial charge in [0.2, 0.25) is 0 Å². The third-order valence-corrected chi connectivity index (χ3v) is 5.23. The smallest absolute Gasteiger partial charge is 0.108 e. The van der Waals surface area contributed by atoms with E-state index < -0.39 is 0 Å². The quantitative estimate of drug-likeness (QED) is 0.827. The summed E-state index contributed by atoms with van der Waals surface area (Å²) >= 11 is 0. The largest absolute Gasteiger partial charge is 0.333 e. The van der Waals surface area contributed by atoms with E-state index in [0.717, 1.165) is 19.5 Å². The molecule has 0 radical (unpaired) electrons. The van der Waals surface area contributed by atoms with Crippen LogP contribution in [-0.2, 0) is 13.0 Å². The monoisotopic (exact) mass is 307 g/mol. The molecule has 1 N–H and O–H groups in total. The fourth-order valence-electron chi connectivity index (χ4n) is 3.36. The van der Waals surface area contributed by atoms with Crippen molar-refractivity contribution in [2.24, 2.45) is 0 Å². The normalized spacial score (nSPS) is 20.5. The third-order valence-electron chi connectivity index (χ3n) is 5.23. The minimum atomic E-state index is 0.295. The second-order valence-electron chi connectivity index (χ2n) is 7.05. The van der Waals surface area contributed by atoms with Crippen molar-refractivity contribution in [1.29, 1.82) is 0 Å². The molecule has 0 amide bonds. The van der Waals surface area contributed by atoms with Crippen LogP contribution in [0.5, 0.6) is 0 Å². The fourth-order valence-corrected chi connectivity index (χ4v) is 3.36. The van der Waals surface area contributed by atoms with Gasteiger partial charge in [0.05, 0.1) is 0 Å². The van der Waals surface area contributed by atoms with Gasteiger partial charge in [0.15, 0.2) is 0 Å². The molecule has 1 saturated heterocycles. The van der Waals surface area contributed by atoms with Crippen molar-refractivity contribution >= 4 is 0 Å². The van der Waals surface area contributed by atoms with E-state index in [1.54, 1.807) is 0 Å². The number of hydrogen-bond donors (Lipinski definition) is 1. The van der Waals surface area contributed by atoms with Crippen molar-refractivity contribution in [3.63, 3.8) is 0 Å². The average molecular weight is 307 g/mol. The molecule has 2 rings (SSSR count). The summed E-state index contributed by atoms with van der Waals surface area (Å²) in [5.74, 6) is 1.18. The molecule has 0 bridgehead atoms. The summed E-state index contributed by atoms with van der Waals surface area (Å²) in [6.07, 6.45) is 7.47. The number of aryl methyl sites for hydroxylation is 1. The van der Waals surface area contributed by atoms with Crippen LogP contribution in [0.2, 0.25) is 0 Å². The Bertz CT molecular complexity index is 446. The minimum Gasteiger partial charge on any atom is -0.333 e. The highest BCUT2D eigenvalue weighted by molar-refractivity contribution is 4.96. The Morgan fingerprint density at radius 1 is 1.36 bits per heavy atom. The van der Waals surface area contributed by atoms with E-state index >= 15 is 0 Å². The number of nitrogens with zero attached hydrogens (tertiary/aromatic N) is 4. The maximum absolute atomic E-state index is 4.41. The van der Waals surface area contributed by atoms with E-state index in [1.165, 1.54) is 31.8 Å². The molecule has 1 aliphatic rings. The van der Waals surface area contributed by atoms with E-state index in [-0.39, 0.29) is 0 Å². The van der Waals surface area contributed by atoms with Crippen LogP contribution < -0.4 is 5.32 Å². The molecule has 0 spiro atoms. The molecule has 1 aliphatic heterocycles. The Labute approximate surface area is 135 Å². The summed E-state index contributed by atoms with van der Waals surface area (Å²) in [6.45, 7) is 8.87. The maximum Gasteiger partial charge on any atom is 0.108 e. The van der Waals surface area contributed by atoms with Crippen LogP contribution in [0.1, 0.15) is 32.5 Å². The zero-order valence-corrected chi connectivity index (χ0v) is 15.0. The SMILES string of the molecule is CCc1nccn1C[C@H](C)NCC1(N(C)C)CCN(C)CC1. The lowest BCUT2D eigenvalue weighted by molar-refractivity contribution is 0.0634. The molecule has 1 atom stereocenters. The van der Waals surface area contributed by atoms with Gasteiger partial charge >= 0.3 is 0 Å². The summed E-state index contributed by atoms with van der Waals surface area (Å²) < 4.78 is 2.27. The first-order valence-electron chi connectivity index (χ1n) is 8.56. The Kier molecular flexibility index (Phi) is 6.01. The highest BCUT2D eigenvalue weighted by atomic mass is 15.2. The zero-order valence-electron chi connectivity index (χ0n) is 15.0. The van der Waals surface area contributed by atoms with Gasteiger partial charge in [-0.05, 0) is 54.0 Å². The number of hydrogen-bond acceptors (Lipinski definition) is 4. The summed E-state index contributed by atoms with van der Waals surface area (Å²) in [7, 11) is 6.67. The Balaban J connectivity index is 1.89. The molecule has 5 nitrogen and oxygen atoms in total. The van der Waals surface area contributed by atoms with E-state index in [0.29, 0.717) is 11.6 Å². The van der Waals surface area contributed by atoms with Crippen LogP contribution in [0.4, 0.5) is 0 Å². The topological polar surface area (TPSA) is 36.3 Å². The Hall–Kier alpha value is -0.910. The van der Waals surface area contributed by atoms with Crippen LogP contribution in [0.15, 0.2) is 12.4 Å². The Morgan fingerprint density at radius 2 is 2.05 bits per heavy atom. The van der Waals surface area contributed by atoms with Gasteiger partial charge in [-0.25, -0.2) is 4.98 Å². The predicted octanol–water partition coefficient (Wildman–Crippen LogP) is 1.45. The van der Waals surface area contributed by atoms with Gasteiger partial charge in [0.25, 0.3) is 0 Å². The molecule has 2 heterocycles. The first-order chi connectivity index (χ1) is 10.5. The number of piperidine rings is 1. The van der Waals surface area contributed by atoms with Crippen molar-refractivity contribution in [3.8, 4) is 0 Å². The summed E-state index contributed by atoms with van der Waals surface area (Å²) in [5, 5.41) is 3.77. The van der Waals surface area contributed by atoms with Gasteiger partial charge in [0.1, 0.15) is 5.82 Å². The zero-order chi connectivity index (χ0) is 16.2. The minimum absolute atomic E-state index is 0.295. The van der Waals surface area contributed by atoms with Gasteiger partial charge < -0.3 is 19.7 Å². The molecular formula is C17H33N5. The summed E-state index contributed by atoms with van der Waals surface area (Å²) in [5.41, 5.74) is 0.295. The second-order valence-corrected chi connectivity index (χ2v) is 7.05.